The number of aryl methyl sites for hydroxylation is 1. The van der Waals surface area contributed by atoms with E-state index in [1.807, 2.05) is 6.20 Å². The molecule has 0 saturated heterocycles. The maximum absolute atomic E-state index is 4.57. The van der Waals surface area contributed by atoms with Crippen molar-refractivity contribution in [3.8, 4) is 0 Å². The molecule has 1 aliphatic rings. The van der Waals surface area contributed by atoms with Crippen LogP contribution in [0.15, 0.2) is 34.5 Å². The molecule has 0 unspecified atom stereocenters. The SMILES string of the molecule is C=I1=CC(c2cnc3ccc(C)cc3c2)=CI1C. The molecule has 0 spiro atoms. The Balaban J connectivity index is 2.14. The monoisotopic (exact) mass is 463 g/mol. The topological polar surface area (TPSA) is 12.9 Å². The number of nitrogens with zero attached hydrogens (tertiary/aromatic N) is 1. The predicted molar refractivity (Wildman–Crippen MR) is 102 cm³/mol. The van der Waals surface area contributed by atoms with E-state index < -0.39 is 30.7 Å². The summed E-state index contributed by atoms with van der Waals surface area (Å²) in [4.78, 5) is 7.00. The average molecular weight is 463 g/mol. The van der Waals surface area contributed by atoms with Crippen LogP contribution in [0.25, 0.3) is 16.5 Å². The van der Waals surface area contributed by atoms with Gasteiger partial charge in [0.05, 0.1) is 0 Å². The second-order valence-corrected chi connectivity index (χ2v) is 25.7. The van der Waals surface area contributed by atoms with Gasteiger partial charge < -0.3 is 0 Å². The Kier molecular flexibility index (Phi) is 3.44. The number of fused-ring (bicyclic) bond motifs is 1. The summed E-state index contributed by atoms with van der Waals surface area (Å²) in [6, 6.07) is 8.70. The third kappa shape index (κ3) is 2.34. The number of hydrogen-bond acceptors (Lipinski definition) is 1. The van der Waals surface area contributed by atoms with E-state index in [0.717, 1.165) is 5.52 Å². The summed E-state index contributed by atoms with van der Waals surface area (Å²) in [5, 5.41) is 1.24. The normalized spacial score (nSPS) is 17.9. The van der Waals surface area contributed by atoms with Gasteiger partial charge in [0.15, 0.2) is 0 Å². The molecular weight excluding hydrogens is 448 g/mol. The first kappa shape index (κ1) is 12.6. The number of benzene rings is 1. The van der Waals surface area contributed by atoms with Gasteiger partial charge in [-0.3, -0.25) is 0 Å². The minimum absolute atomic E-state index is 0.812. The molecule has 0 amide bonds. The van der Waals surface area contributed by atoms with Gasteiger partial charge in [0.2, 0.25) is 0 Å². The van der Waals surface area contributed by atoms with Crippen molar-refractivity contribution in [1.29, 1.82) is 0 Å². The fourth-order valence-electron chi connectivity index (χ4n) is 1.97. The van der Waals surface area contributed by atoms with Gasteiger partial charge in [-0.2, -0.15) is 0 Å². The predicted octanol–water partition coefficient (Wildman–Crippen LogP) is 4.69. The number of halogens is 2. The van der Waals surface area contributed by atoms with Crippen LogP contribution in [-0.4, -0.2) is 18.4 Å². The van der Waals surface area contributed by atoms with Gasteiger partial charge in [-0.1, -0.05) is 0 Å². The van der Waals surface area contributed by atoms with E-state index in [0.29, 0.717) is 0 Å². The van der Waals surface area contributed by atoms with Crippen molar-refractivity contribution in [2.24, 2.45) is 0 Å². The van der Waals surface area contributed by atoms with E-state index in [9.17, 15) is 0 Å². The molecule has 0 N–H and O–H groups in total. The van der Waals surface area contributed by atoms with Crippen LogP contribution in [0.4, 0.5) is 0 Å². The van der Waals surface area contributed by atoms with Crippen LogP contribution in [0, 0.1) is 6.92 Å². The van der Waals surface area contributed by atoms with Crippen molar-refractivity contribution in [3.63, 3.8) is 0 Å². The van der Waals surface area contributed by atoms with Crippen molar-refractivity contribution in [2.45, 2.75) is 6.92 Å². The van der Waals surface area contributed by atoms with E-state index in [2.05, 4.69) is 53.7 Å². The molecule has 18 heavy (non-hydrogen) atoms. The molecule has 1 aliphatic heterocycles. The summed E-state index contributed by atoms with van der Waals surface area (Å²) in [6.45, 7) is 2.13. The van der Waals surface area contributed by atoms with Crippen LogP contribution in [0.2, 0.25) is 0 Å². The molecule has 0 fully saturated rings. The number of allylic oxidation sites excluding steroid dienone is 1. The molecule has 3 rings (SSSR count). The van der Waals surface area contributed by atoms with Crippen LogP contribution in [0.5, 0.6) is 0 Å². The first-order valence-electron chi connectivity index (χ1n) is 5.64. The van der Waals surface area contributed by atoms with E-state index in [1.165, 1.54) is 22.1 Å². The molecular formula is C15H15I2N. The molecule has 1 nitrogen and oxygen atoms in total. The fraction of sp³-hybridized carbons (Fsp3) is 0.133. The number of rotatable bonds is 1. The first-order chi connectivity index (χ1) is 8.63. The van der Waals surface area contributed by atoms with Gasteiger partial charge >= 0.3 is 118 Å². The summed E-state index contributed by atoms with van der Waals surface area (Å²) >= 11 is -1.76. The second kappa shape index (κ2) is 4.92. The average Bonchev–Trinajstić information content (AvgIpc) is 2.69. The van der Waals surface area contributed by atoms with Gasteiger partial charge in [0, 0.05) is 0 Å². The van der Waals surface area contributed by atoms with E-state index >= 15 is 0 Å². The first-order valence-corrected chi connectivity index (χ1v) is 18.1. The zero-order chi connectivity index (χ0) is 12.7. The van der Waals surface area contributed by atoms with Gasteiger partial charge in [0.1, 0.15) is 0 Å². The molecule has 1 aromatic carbocycles. The Morgan fingerprint density at radius 3 is 2.78 bits per heavy atom. The Morgan fingerprint density at radius 2 is 2.06 bits per heavy atom. The van der Waals surface area contributed by atoms with Gasteiger partial charge in [-0.15, -0.1) is 0 Å². The van der Waals surface area contributed by atoms with Crippen molar-refractivity contribution in [2.75, 3.05) is 4.93 Å². The minimum atomic E-state index is -0.951. The maximum atomic E-state index is 4.57. The van der Waals surface area contributed by atoms with Crippen molar-refractivity contribution in [1.82, 2.24) is 4.98 Å². The molecule has 0 saturated carbocycles. The third-order valence-electron chi connectivity index (χ3n) is 2.96. The number of pyridine rings is 1. The van der Waals surface area contributed by atoms with Gasteiger partial charge in [0.25, 0.3) is 0 Å². The molecule has 1 aromatic heterocycles. The number of hydrogen-bond donors (Lipinski definition) is 0. The van der Waals surface area contributed by atoms with Crippen LogP contribution in [0.1, 0.15) is 11.1 Å². The molecule has 3 heteroatoms. The summed E-state index contributed by atoms with van der Waals surface area (Å²) in [5.41, 5.74) is 5.07. The summed E-state index contributed by atoms with van der Waals surface area (Å²) in [6.07, 6.45) is 2.01. The molecule has 2 heterocycles. The van der Waals surface area contributed by atoms with Crippen LogP contribution in [-0.2, 0) is 0 Å². The molecule has 0 aliphatic carbocycles. The summed E-state index contributed by atoms with van der Waals surface area (Å²) in [5.74, 6) is 0. The summed E-state index contributed by atoms with van der Waals surface area (Å²) < 4.78 is 9.35. The van der Waals surface area contributed by atoms with Crippen LogP contribution in [0.3, 0.4) is 0 Å². The van der Waals surface area contributed by atoms with E-state index in [1.54, 1.807) is 0 Å². The fourth-order valence-corrected chi connectivity index (χ4v) is 14.0. The molecule has 94 valence electrons. The molecule has 2 aromatic rings. The summed E-state index contributed by atoms with van der Waals surface area (Å²) in [7, 11) is 0. The Hall–Kier alpha value is -0.430. The van der Waals surface area contributed by atoms with Crippen LogP contribution >= 0.6 is 30.7 Å². The Bertz CT molecular complexity index is 737. The standard InChI is InChI=1S/C15H15I2N/c1-11-4-5-15-12(6-11)7-13(10-18-15)14-8-16(2)17(3)9-14/h4-10H,2H2,1,3H3. The molecule has 0 bridgehead atoms. The van der Waals surface area contributed by atoms with Crippen LogP contribution < -0.4 is 0 Å². The quantitative estimate of drug-likeness (QED) is 0.442. The zero-order valence-corrected chi connectivity index (χ0v) is 14.8. The number of aromatic nitrogens is 1. The van der Waals surface area contributed by atoms with Crippen molar-refractivity contribution < 1.29 is 0 Å². The van der Waals surface area contributed by atoms with Gasteiger partial charge in [-0.25, -0.2) is 0 Å². The molecule has 0 atom stereocenters. The Morgan fingerprint density at radius 1 is 1.22 bits per heavy atom. The van der Waals surface area contributed by atoms with Gasteiger partial charge in [-0.05, 0) is 0 Å². The second-order valence-electron chi connectivity index (χ2n) is 4.38. The van der Waals surface area contributed by atoms with Crippen molar-refractivity contribution >= 4 is 55.7 Å². The molecule has 0 radical (unpaired) electrons. The number of alkyl halides is 1. The zero-order valence-electron chi connectivity index (χ0n) is 10.5. The third-order valence-corrected chi connectivity index (χ3v) is 21.7. The van der Waals surface area contributed by atoms with E-state index in [4.69, 9.17) is 0 Å². The van der Waals surface area contributed by atoms with Crippen molar-refractivity contribution in [3.05, 3.63) is 45.7 Å². The van der Waals surface area contributed by atoms with E-state index in [-0.39, 0.29) is 0 Å². The Labute approximate surface area is 117 Å².